The highest BCUT2D eigenvalue weighted by atomic mass is 16.6. The lowest BCUT2D eigenvalue weighted by molar-refractivity contribution is -0.116. The molecule has 0 atom stereocenters. The van der Waals surface area contributed by atoms with Crippen molar-refractivity contribution < 1.29 is 14.3 Å². The zero-order chi connectivity index (χ0) is 22.5. The average molecular weight is 429 g/mol. The summed E-state index contributed by atoms with van der Waals surface area (Å²) in [6.45, 7) is 3.15. The fraction of sp³-hybridized carbons (Fsp3) is 0.259. The van der Waals surface area contributed by atoms with Crippen molar-refractivity contribution in [2.75, 3.05) is 18.5 Å². The van der Waals surface area contributed by atoms with Crippen LogP contribution in [0.3, 0.4) is 0 Å². The predicted molar refractivity (Wildman–Crippen MR) is 126 cm³/mol. The van der Waals surface area contributed by atoms with Gasteiger partial charge in [0.2, 0.25) is 5.91 Å². The van der Waals surface area contributed by atoms with Crippen molar-refractivity contribution in [3.05, 3.63) is 89.5 Å². The Labute approximate surface area is 189 Å². The minimum Gasteiger partial charge on any atom is -0.445 e. The topological polar surface area (TPSA) is 49.9 Å². The molecule has 3 aromatic carbocycles. The highest BCUT2D eigenvalue weighted by Gasteiger charge is 2.20. The molecule has 0 radical (unpaired) electrons. The molecule has 0 N–H and O–H groups in total. The van der Waals surface area contributed by atoms with Gasteiger partial charge in [-0.05, 0) is 52.8 Å². The minimum atomic E-state index is -0.345. The monoisotopic (exact) mass is 428 g/mol. The first kappa shape index (κ1) is 21.6. The number of rotatable bonds is 5. The van der Waals surface area contributed by atoms with Crippen LogP contribution in [0.25, 0.3) is 11.1 Å². The number of fused-ring (bicyclic) bond motifs is 1. The molecule has 1 aliphatic rings. The summed E-state index contributed by atoms with van der Waals surface area (Å²) in [4.78, 5) is 27.6. The van der Waals surface area contributed by atoms with E-state index in [4.69, 9.17) is 4.74 Å². The van der Waals surface area contributed by atoms with Crippen LogP contribution in [0.15, 0.2) is 72.8 Å². The predicted octanol–water partition coefficient (Wildman–Crippen LogP) is 5.42. The van der Waals surface area contributed by atoms with Gasteiger partial charge in [-0.2, -0.15) is 0 Å². The van der Waals surface area contributed by atoms with Crippen LogP contribution < -0.4 is 4.90 Å². The van der Waals surface area contributed by atoms with Gasteiger partial charge in [-0.3, -0.25) is 4.79 Å². The van der Waals surface area contributed by atoms with Crippen LogP contribution in [-0.4, -0.2) is 30.5 Å². The number of amides is 2. The van der Waals surface area contributed by atoms with Crippen molar-refractivity contribution in [1.29, 1.82) is 0 Å². The van der Waals surface area contributed by atoms with E-state index in [-0.39, 0.29) is 18.6 Å². The lowest BCUT2D eigenvalue weighted by Crippen LogP contribution is -2.33. The van der Waals surface area contributed by atoms with Crippen molar-refractivity contribution in [2.24, 2.45) is 0 Å². The Morgan fingerprint density at radius 2 is 1.66 bits per heavy atom. The molecule has 3 aromatic rings. The maximum absolute atomic E-state index is 12.3. The Kier molecular flexibility index (Phi) is 6.55. The van der Waals surface area contributed by atoms with E-state index in [2.05, 4.69) is 30.3 Å². The first-order chi connectivity index (χ1) is 15.5. The van der Waals surface area contributed by atoms with Gasteiger partial charge in [0.15, 0.2) is 0 Å². The van der Waals surface area contributed by atoms with E-state index in [1.54, 1.807) is 18.9 Å². The van der Waals surface area contributed by atoms with Crippen LogP contribution in [0.5, 0.6) is 0 Å². The molecule has 0 saturated heterocycles. The lowest BCUT2D eigenvalue weighted by atomic mass is 9.95. The molecule has 0 unspecified atom stereocenters. The minimum absolute atomic E-state index is 0.0921. The summed E-state index contributed by atoms with van der Waals surface area (Å²) in [7, 11) is 1.74. The fourth-order valence-corrected chi connectivity index (χ4v) is 4.07. The largest absolute Gasteiger partial charge is 0.445 e. The molecule has 32 heavy (non-hydrogen) atoms. The van der Waals surface area contributed by atoms with Gasteiger partial charge in [0, 0.05) is 32.7 Å². The van der Waals surface area contributed by atoms with Crippen molar-refractivity contribution in [3.8, 4) is 11.1 Å². The second-order valence-corrected chi connectivity index (χ2v) is 8.21. The third-order valence-corrected chi connectivity index (χ3v) is 5.80. The van der Waals surface area contributed by atoms with E-state index >= 15 is 0 Å². The van der Waals surface area contributed by atoms with Crippen molar-refractivity contribution in [2.45, 2.75) is 32.9 Å². The average Bonchev–Trinajstić information content (AvgIpc) is 2.82. The molecule has 2 amide bonds. The van der Waals surface area contributed by atoms with E-state index in [1.165, 1.54) is 5.56 Å². The molecule has 0 aliphatic carbocycles. The molecule has 0 aromatic heterocycles. The van der Waals surface area contributed by atoms with Crippen LogP contribution in [0, 0.1) is 0 Å². The molecule has 0 fully saturated rings. The number of aryl methyl sites for hydroxylation is 1. The summed E-state index contributed by atoms with van der Waals surface area (Å²) >= 11 is 0. The van der Waals surface area contributed by atoms with Gasteiger partial charge >= 0.3 is 6.09 Å². The molecule has 0 spiro atoms. The highest BCUT2D eigenvalue weighted by molar-refractivity contribution is 5.93. The summed E-state index contributed by atoms with van der Waals surface area (Å²) < 4.78 is 5.39. The van der Waals surface area contributed by atoms with E-state index < -0.39 is 0 Å². The first-order valence-electron chi connectivity index (χ1n) is 10.9. The second kappa shape index (κ2) is 9.69. The lowest BCUT2D eigenvalue weighted by Gasteiger charge is -2.29. The Bertz CT molecular complexity index is 1090. The van der Waals surface area contributed by atoms with E-state index in [0.29, 0.717) is 6.54 Å². The summed E-state index contributed by atoms with van der Waals surface area (Å²) in [5.41, 5.74) is 6.50. The number of ether oxygens (including phenoxy) is 1. The number of hydrogen-bond acceptors (Lipinski definition) is 3. The molecular formula is C27H28N2O3. The molecule has 1 heterocycles. The summed E-state index contributed by atoms with van der Waals surface area (Å²) in [6.07, 6.45) is 1.63. The van der Waals surface area contributed by atoms with Crippen LogP contribution in [-0.2, 0) is 29.1 Å². The van der Waals surface area contributed by atoms with Gasteiger partial charge in [0.1, 0.15) is 6.61 Å². The van der Waals surface area contributed by atoms with Crippen LogP contribution in [0.1, 0.15) is 30.0 Å². The van der Waals surface area contributed by atoms with E-state index in [9.17, 15) is 9.59 Å². The molecule has 4 rings (SSSR count). The Morgan fingerprint density at radius 1 is 0.938 bits per heavy atom. The third kappa shape index (κ3) is 4.99. The molecule has 1 aliphatic heterocycles. The van der Waals surface area contributed by atoms with Crippen LogP contribution >= 0.6 is 0 Å². The number of benzene rings is 3. The smallest absolute Gasteiger partial charge is 0.410 e. The maximum atomic E-state index is 12.3. The van der Waals surface area contributed by atoms with Gasteiger partial charge in [0.25, 0.3) is 0 Å². The highest BCUT2D eigenvalue weighted by Crippen LogP contribution is 2.32. The zero-order valence-corrected chi connectivity index (χ0v) is 18.6. The van der Waals surface area contributed by atoms with Crippen molar-refractivity contribution in [1.82, 2.24) is 4.90 Å². The Morgan fingerprint density at radius 3 is 2.38 bits per heavy atom. The molecule has 5 heteroatoms. The summed E-state index contributed by atoms with van der Waals surface area (Å²) in [5, 5.41) is 0. The van der Waals surface area contributed by atoms with E-state index in [0.717, 1.165) is 47.3 Å². The molecule has 164 valence electrons. The van der Waals surface area contributed by atoms with Crippen molar-refractivity contribution >= 4 is 17.7 Å². The quantitative estimate of drug-likeness (QED) is 0.545. The number of nitrogens with zero attached hydrogens (tertiary/aromatic N) is 2. The van der Waals surface area contributed by atoms with Crippen LogP contribution in [0.4, 0.5) is 10.5 Å². The number of carbonyl (C=O) groups excluding carboxylic acids is 2. The number of hydrogen-bond donors (Lipinski definition) is 0. The fourth-order valence-electron chi connectivity index (χ4n) is 4.07. The standard InChI is InChI=1S/C27H28N2O3/c1-20(30)29-16-6-9-25-17-24(14-15-26(25)29)23-12-10-21(11-13-23)18-28(2)27(31)32-19-22-7-4-3-5-8-22/h3-5,7-8,10-15,17H,6,9,16,18-19H2,1-2H3. The van der Waals surface area contributed by atoms with Gasteiger partial charge in [0.05, 0.1) is 0 Å². The molecule has 5 nitrogen and oxygen atoms in total. The van der Waals surface area contributed by atoms with Crippen molar-refractivity contribution in [3.63, 3.8) is 0 Å². The van der Waals surface area contributed by atoms with E-state index in [1.807, 2.05) is 47.4 Å². The normalized spacial score (nSPS) is 12.8. The second-order valence-electron chi connectivity index (χ2n) is 8.21. The molecular weight excluding hydrogens is 400 g/mol. The first-order valence-corrected chi connectivity index (χ1v) is 10.9. The summed E-state index contributed by atoms with van der Waals surface area (Å²) in [6, 6.07) is 24.2. The maximum Gasteiger partial charge on any atom is 0.410 e. The SMILES string of the molecule is CC(=O)N1CCCc2cc(-c3ccc(CN(C)C(=O)OCc4ccccc4)cc3)ccc21. The van der Waals surface area contributed by atoms with Gasteiger partial charge in [-0.1, -0.05) is 60.7 Å². The Balaban J connectivity index is 1.39. The third-order valence-electron chi connectivity index (χ3n) is 5.80. The van der Waals surface area contributed by atoms with Gasteiger partial charge < -0.3 is 14.5 Å². The molecule has 0 saturated carbocycles. The van der Waals surface area contributed by atoms with Gasteiger partial charge in [-0.15, -0.1) is 0 Å². The van der Waals surface area contributed by atoms with Gasteiger partial charge in [-0.25, -0.2) is 4.79 Å². The Hall–Kier alpha value is -3.60. The molecule has 0 bridgehead atoms. The summed E-state index contributed by atoms with van der Waals surface area (Å²) in [5.74, 6) is 0.0921. The number of anilines is 1. The zero-order valence-electron chi connectivity index (χ0n) is 18.6. The number of carbonyl (C=O) groups is 2. The van der Waals surface area contributed by atoms with Crippen LogP contribution in [0.2, 0.25) is 0 Å².